The van der Waals surface area contributed by atoms with Gasteiger partial charge in [-0.25, -0.2) is 4.57 Å². The van der Waals surface area contributed by atoms with Crippen molar-refractivity contribution in [1.82, 2.24) is 0 Å². The summed E-state index contributed by atoms with van der Waals surface area (Å²) in [5.74, 6) is 1.79. The van der Waals surface area contributed by atoms with E-state index in [1.807, 2.05) is 11.1 Å². The smallest absolute Gasteiger partial charge is 0.169 e. The molecule has 0 amide bonds. The summed E-state index contributed by atoms with van der Waals surface area (Å²) >= 11 is 0. The Hall–Kier alpha value is -1.89. The number of aromatic nitrogens is 1. The van der Waals surface area contributed by atoms with E-state index in [2.05, 4.69) is 59.4 Å². The van der Waals surface area contributed by atoms with Crippen molar-refractivity contribution >= 4 is 0 Å². The van der Waals surface area contributed by atoms with Crippen molar-refractivity contribution in [1.29, 1.82) is 0 Å². The lowest BCUT2D eigenvalue weighted by atomic mass is 9.72. The Balaban J connectivity index is 1.35. The summed E-state index contributed by atoms with van der Waals surface area (Å²) in [5, 5.41) is 0. The second kappa shape index (κ2) is 5.88. The molecule has 3 fully saturated rings. The van der Waals surface area contributed by atoms with E-state index >= 15 is 0 Å². The first-order chi connectivity index (χ1) is 11.9. The second-order valence-electron chi connectivity index (χ2n) is 7.85. The van der Waals surface area contributed by atoms with Gasteiger partial charge >= 0.3 is 0 Å². The minimum absolute atomic E-state index is 0.721. The van der Waals surface area contributed by atoms with Gasteiger partial charge < -0.3 is 0 Å². The summed E-state index contributed by atoms with van der Waals surface area (Å²) in [6.45, 7) is 0. The van der Waals surface area contributed by atoms with Gasteiger partial charge in [-0.15, -0.1) is 0 Å². The first-order valence-corrected chi connectivity index (χ1v) is 9.68. The van der Waals surface area contributed by atoms with Gasteiger partial charge in [0.1, 0.15) is 0 Å². The van der Waals surface area contributed by atoms with Crippen molar-refractivity contribution in [3.8, 4) is 11.1 Å². The van der Waals surface area contributed by atoms with E-state index in [0.717, 1.165) is 17.9 Å². The van der Waals surface area contributed by atoms with Crippen molar-refractivity contribution in [2.45, 2.75) is 51.0 Å². The van der Waals surface area contributed by atoms with Crippen LogP contribution in [0.1, 0.15) is 51.0 Å². The maximum absolute atomic E-state index is 2.47. The van der Waals surface area contributed by atoms with E-state index in [1.54, 1.807) is 0 Å². The third kappa shape index (κ3) is 2.51. The highest BCUT2D eigenvalue weighted by Crippen LogP contribution is 2.54. The fourth-order valence-electron chi connectivity index (χ4n) is 4.54. The largest absolute Gasteiger partial charge is 0.202 e. The Bertz CT molecular complexity index is 746. The lowest BCUT2D eigenvalue weighted by Gasteiger charge is -2.33. The zero-order valence-electron chi connectivity index (χ0n) is 14.3. The fourth-order valence-corrected chi connectivity index (χ4v) is 4.54. The van der Waals surface area contributed by atoms with Crippen LogP contribution in [0.4, 0.5) is 0 Å². The van der Waals surface area contributed by atoms with Gasteiger partial charge in [-0.05, 0) is 49.1 Å². The van der Waals surface area contributed by atoms with Crippen LogP contribution in [0.15, 0.2) is 66.0 Å². The van der Waals surface area contributed by atoms with Crippen molar-refractivity contribution in [2.75, 3.05) is 0 Å². The topological polar surface area (TPSA) is 3.88 Å². The molecular formula is C23H26N+. The molecule has 0 saturated heterocycles. The van der Waals surface area contributed by atoms with Crippen LogP contribution in [-0.4, -0.2) is 0 Å². The zero-order valence-corrected chi connectivity index (χ0v) is 14.3. The molecule has 0 aliphatic heterocycles. The molecule has 3 aliphatic carbocycles. The molecule has 0 bridgehead atoms. The highest BCUT2D eigenvalue weighted by molar-refractivity contribution is 5.61. The molecule has 2 atom stereocenters. The molecule has 2 unspecified atom stereocenters. The Morgan fingerprint density at radius 2 is 1.54 bits per heavy atom. The quantitative estimate of drug-likeness (QED) is 0.519. The standard InChI is InChI=1S/C23H26N/c1-2-6-17(7-3-1)18-12-14-24(15-13-18)22-16-21(22)23(19-8-4-9-19)20-10-5-11-20/h1-3,6-7,12-15,19,21-22H,4-5,8-11,16H2/q+1. The molecule has 0 N–H and O–H groups in total. The van der Waals surface area contributed by atoms with Crippen LogP contribution >= 0.6 is 0 Å². The third-order valence-corrected chi connectivity index (χ3v) is 6.41. The molecule has 24 heavy (non-hydrogen) atoms. The minimum atomic E-state index is 0.721. The highest BCUT2D eigenvalue weighted by Gasteiger charge is 2.51. The van der Waals surface area contributed by atoms with Crippen molar-refractivity contribution in [3.63, 3.8) is 0 Å². The first kappa shape index (κ1) is 14.5. The molecule has 5 rings (SSSR count). The van der Waals surface area contributed by atoms with E-state index in [9.17, 15) is 0 Å². The average Bonchev–Trinajstić information content (AvgIpc) is 3.32. The minimum Gasteiger partial charge on any atom is -0.202 e. The van der Waals surface area contributed by atoms with E-state index in [4.69, 9.17) is 0 Å². The monoisotopic (exact) mass is 316 g/mol. The summed E-state index contributed by atoms with van der Waals surface area (Å²) in [6.07, 6.45) is 14.6. The van der Waals surface area contributed by atoms with Gasteiger partial charge in [0.2, 0.25) is 0 Å². The maximum atomic E-state index is 2.47. The highest BCUT2D eigenvalue weighted by atomic mass is 15.0. The molecule has 122 valence electrons. The molecule has 2 aromatic rings. The van der Waals surface area contributed by atoms with Crippen LogP contribution in [0.5, 0.6) is 0 Å². The molecule has 3 saturated carbocycles. The zero-order chi connectivity index (χ0) is 15.9. The number of rotatable bonds is 4. The second-order valence-corrected chi connectivity index (χ2v) is 7.85. The van der Waals surface area contributed by atoms with Crippen LogP contribution in [0.3, 0.4) is 0 Å². The Morgan fingerprint density at radius 1 is 0.833 bits per heavy atom. The van der Waals surface area contributed by atoms with Crippen LogP contribution in [0.25, 0.3) is 11.1 Å². The average molecular weight is 316 g/mol. The van der Waals surface area contributed by atoms with Crippen molar-refractivity contribution in [2.24, 2.45) is 11.8 Å². The first-order valence-electron chi connectivity index (χ1n) is 9.68. The van der Waals surface area contributed by atoms with E-state index in [1.165, 1.54) is 56.1 Å². The number of allylic oxidation sites excluding steroid dienone is 2. The van der Waals surface area contributed by atoms with Gasteiger partial charge in [0, 0.05) is 24.5 Å². The number of hydrogen-bond acceptors (Lipinski definition) is 0. The normalized spacial score (nSPS) is 25.8. The maximum Gasteiger partial charge on any atom is 0.169 e. The summed E-state index contributed by atoms with van der Waals surface area (Å²) in [4.78, 5) is 0. The predicted molar refractivity (Wildman–Crippen MR) is 97.4 cm³/mol. The Labute approximate surface area is 145 Å². The van der Waals surface area contributed by atoms with Gasteiger partial charge in [-0.1, -0.05) is 47.9 Å². The number of hydrogen-bond donors (Lipinski definition) is 0. The lowest BCUT2D eigenvalue weighted by molar-refractivity contribution is -0.702. The van der Waals surface area contributed by atoms with Crippen LogP contribution in [0, 0.1) is 11.8 Å². The Morgan fingerprint density at radius 3 is 2.12 bits per heavy atom. The van der Waals surface area contributed by atoms with E-state index < -0.39 is 0 Å². The number of pyridine rings is 1. The van der Waals surface area contributed by atoms with Gasteiger partial charge in [-0.3, -0.25) is 0 Å². The molecule has 1 aromatic carbocycles. The molecule has 0 radical (unpaired) electrons. The summed E-state index contributed by atoms with van der Waals surface area (Å²) in [5.41, 5.74) is 6.37. The van der Waals surface area contributed by atoms with E-state index in [-0.39, 0.29) is 0 Å². The van der Waals surface area contributed by atoms with Crippen LogP contribution in [0.2, 0.25) is 0 Å². The summed E-state index contributed by atoms with van der Waals surface area (Å²) in [6, 6.07) is 16.0. The molecule has 3 aliphatic rings. The molecular weight excluding hydrogens is 290 g/mol. The van der Waals surface area contributed by atoms with Crippen LogP contribution < -0.4 is 4.57 Å². The van der Waals surface area contributed by atoms with Gasteiger partial charge in [0.05, 0.1) is 0 Å². The van der Waals surface area contributed by atoms with Crippen molar-refractivity contribution in [3.05, 3.63) is 66.0 Å². The van der Waals surface area contributed by atoms with Crippen LogP contribution in [-0.2, 0) is 0 Å². The molecule has 0 spiro atoms. The molecule has 1 heteroatoms. The lowest BCUT2D eigenvalue weighted by Crippen LogP contribution is -2.33. The van der Waals surface area contributed by atoms with Crippen molar-refractivity contribution < 1.29 is 4.57 Å². The van der Waals surface area contributed by atoms with Gasteiger partial charge in [0.15, 0.2) is 18.4 Å². The third-order valence-electron chi connectivity index (χ3n) is 6.41. The summed E-state index contributed by atoms with van der Waals surface area (Å²) < 4.78 is 2.47. The van der Waals surface area contributed by atoms with E-state index in [0.29, 0.717) is 0 Å². The fraction of sp³-hybridized carbons (Fsp3) is 0.435. The van der Waals surface area contributed by atoms with Gasteiger partial charge in [-0.2, -0.15) is 0 Å². The Kier molecular flexibility index (Phi) is 3.54. The summed E-state index contributed by atoms with van der Waals surface area (Å²) in [7, 11) is 0. The predicted octanol–water partition coefficient (Wildman–Crippen LogP) is 5.48. The molecule has 1 nitrogen and oxygen atoms in total. The SMILES string of the molecule is c1ccc(-c2cc[n+](C3CC3C(=C3CCC3)C3CCC3)cc2)cc1. The van der Waals surface area contributed by atoms with Gasteiger partial charge in [0.25, 0.3) is 0 Å². The molecule has 1 heterocycles. The number of benzene rings is 1. The molecule has 1 aromatic heterocycles. The number of nitrogens with zero attached hydrogens (tertiary/aromatic N) is 1.